The van der Waals surface area contributed by atoms with Crippen LogP contribution in [0, 0.1) is 5.82 Å². The van der Waals surface area contributed by atoms with Gasteiger partial charge in [-0.2, -0.15) is 0 Å². The lowest BCUT2D eigenvalue weighted by Crippen LogP contribution is -2.34. The van der Waals surface area contributed by atoms with Crippen molar-refractivity contribution < 1.29 is 23.5 Å². The third-order valence-electron chi connectivity index (χ3n) is 2.95. The maximum Gasteiger partial charge on any atom is 0.336 e. The molecule has 108 valence electrons. The lowest BCUT2D eigenvalue weighted by Gasteiger charge is -2.15. The Morgan fingerprint density at radius 3 is 2.95 bits per heavy atom. The highest BCUT2D eigenvalue weighted by molar-refractivity contribution is 5.95. The van der Waals surface area contributed by atoms with Gasteiger partial charge in [-0.1, -0.05) is 6.07 Å². The number of carbonyl (C=O) groups excluding carboxylic acids is 2. The van der Waals surface area contributed by atoms with Crippen LogP contribution in [-0.4, -0.2) is 30.7 Å². The third kappa shape index (κ3) is 3.77. The van der Waals surface area contributed by atoms with Gasteiger partial charge in [0.05, 0.1) is 0 Å². The molecule has 20 heavy (non-hydrogen) atoms. The number of hydrogen-bond donors (Lipinski definition) is 1. The number of nitrogens with one attached hydrogen (secondary N) is 1. The van der Waals surface area contributed by atoms with Gasteiger partial charge in [-0.05, 0) is 38.0 Å². The first-order valence-corrected chi connectivity index (χ1v) is 6.45. The van der Waals surface area contributed by atoms with E-state index in [1.807, 2.05) is 0 Å². The van der Waals surface area contributed by atoms with Gasteiger partial charge in [0.15, 0.2) is 12.2 Å². The van der Waals surface area contributed by atoms with Gasteiger partial charge in [0.1, 0.15) is 5.82 Å². The molecular formula is C14H16FNO4. The van der Waals surface area contributed by atoms with Crippen LogP contribution in [0.4, 0.5) is 10.1 Å². The normalized spacial score (nSPS) is 19.4. The molecule has 0 unspecified atom stereocenters. The summed E-state index contributed by atoms with van der Waals surface area (Å²) in [7, 11) is 0. The zero-order valence-corrected chi connectivity index (χ0v) is 11.1. The molecular weight excluding hydrogens is 265 g/mol. The van der Waals surface area contributed by atoms with Crippen molar-refractivity contribution in [3.05, 3.63) is 30.1 Å². The van der Waals surface area contributed by atoms with Gasteiger partial charge in [-0.15, -0.1) is 0 Å². The van der Waals surface area contributed by atoms with E-state index in [0.717, 1.165) is 6.42 Å². The fourth-order valence-corrected chi connectivity index (χ4v) is 1.88. The molecule has 5 nitrogen and oxygen atoms in total. The Balaban J connectivity index is 1.86. The van der Waals surface area contributed by atoms with E-state index in [-0.39, 0.29) is 0 Å². The van der Waals surface area contributed by atoms with Crippen LogP contribution >= 0.6 is 0 Å². The first-order valence-electron chi connectivity index (χ1n) is 6.45. The van der Waals surface area contributed by atoms with Crippen molar-refractivity contribution in [2.75, 3.05) is 11.9 Å². The van der Waals surface area contributed by atoms with Crippen LogP contribution in [-0.2, 0) is 19.1 Å². The summed E-state index contributed by atoms with van der Waals surface area (Å²) in [6, 6.07) is 5.49. The predicted octanol–water partition coefficient (Wildman–Crippen LogP) is 1.87. The number of carbonyl (C=O) groups is 2. The Morgan fingerprint density at radius 2 is 2.30 bits per heavy atom. The first kappa shape index (κ1) is 14.5. The number of hydrogen-bond acceptors (Lipinski definition) is 4. The average Bonchev–Trinajstić information content (AvgIpc) is 2.92. The van der Waals surface area contributed by atoms with E-state index < -0.39 is 29.9 Å². The quantitative estimate of drug-likeness (QED) is 0.856. The summed E-state index contributed by atoms with van der Waals surface area (Å²) in [6.45, 7) is 1.99. The molecule has 1 saturated heterocycles. The summed E-state index contributed by atoms with van der Waals surface area (Å²) in [5.74, 6) is -1.50. The zero-order valence-electron chi connectivity index (χ0n) is 11.1. The van der Waals surface area contributed by atoms with Crippen molar-refractivity contribution in [3.63, 3.8) is 0 Å². The Labute approximate surface area is 116 Å². The zero-order chi connectivity index (χ0) is 14.5. The second-order valence-electron chi connectivity index (χ2n) is 4.58. The lowest BCUT2D eigenvalue weighted by atomic mass is 10.2. The first-order chi connectivity index (χ1) is 9.56. The number of anilines is 1. The highest BCUT2D eigenvalue weighted by Crippen LogP contribution is 2.15. The molecule has 1 aliphatic heterocycles. The molecule has 1 N–H and O–H groups in total. The summed E-state index contributed by atoms with van der Waals surface area (Å²) < 4.78 is 23.2. The smallest absolute Gasteiger partial charge is 0.336 e. The molecule has 1 aromatic carbocycles. The van der Waals surface area contributed by atoms with E-state index >= 15 is 0 Å². The minimum absolute atomic E-state index is 0.315. The van der Waals surface area contributed by atoms with Crippen molar-refractivity contribution in [2.45, 2.75) is 32.0 Å². The van der Waals surface area contributed by atoms with E-state index in [0.29, 0.717) is 18.7 Å². The summed E-state index contributed by atoms with van der Waals surface area (Å²) in [5.41, 5.74) is 0.315. The van der Waals surface area contributed by atoms with Gasteiger partial charge in [0.2, 0.25) is 0 Å². The van der Waals surface area contributed by atoms with Gasteiger partial charge in [-0.3, -0.25) is 4.79 Å². The highest BCUT2D eigenvalue weighted by Gasteiger charge is 2.28. The van der Waals surface area contributed by atoms with Crippen molar-refractivity contribution in [1.29, 1.82) is 0 Å². The molecule has 0 radical (unpaired) electrons. The molecule has 2 atom stereocenters. The maximum absolute atomic E-state index is 13.0. The second-order valence-corrected chi connectivity index (χ2v) is 4.58. The van der Waals surface area contributed by atoms with E-state index in [9.17, 15) is 14.0 Å². The van der Waals surface area contributed by atoms with Gasteiger partial charge in [-0.25, -0.2) is 9.18 Å². The van der Waals surface area contributed by atoms with E-state index in [4.69, 9.17) is 9.47 Å². The summed E-state index contributed by atoms with van der Waals surface area (Å²) >= 11 is 0. The average molecular weight is 281 g/mol. The number of halogens is 1. The van der Waals surface area contributed by atoms with Crippen LogP contribution in [0.15, 0.2) is 24.3 Å². The van der Waals surface area contributed by atoms with Crippen molar-refractivity contribution in [1.82, 2.24) is 0 Å². The van der Waals surface area contributed by atoms with Crippen LogP contribution in [0.1, 0.15) is 19.8 Å². The maximum atomic E-state index is 13.0. The molecule has 1 amide bonds. The summed E-state index contributed by atoms with van der Waals surface area (Å²) in [4.78, 5) is 23.5. The number of esters is 1. The molecule has 0 aromatic heterocycles. The summed E-state index contributed by atoms with van der Waals surface area (Å²) in [6.07, 6.45) is -0.129. The minimum Gasteiger partial charge on any atom is -0.451 e. The van der Waals surface area contributed by atoms with Gasteiger partial charge >= 0.3 is 5.97 Å². The molecule has 1 fully saturated rings. The molecule has 0 bridgehead atoms. The standard InChI is InChI=1S/C14H16FNO4/c1-9(20-14(18)12-6-3-7-19-12)13(17)16-11-5-2-4-10(15)8-11/h2,4-5,8-9,12H,3,6-7H2,1H3,(H,16,17)/t9-,12+/m0/s1. The highest BCUT2D eigenvalue weighted by atomic mass is 19.1. The Bertz CT molecular complexity index is 500. The lowest BCUT2D eigenvalue weighted by molar-refractivity contribution is -0.162. The Kier molecular flexibility index (Phi) is 4.68. The van der Waals surface area contributed by atoms with Gasteiger partial charge < -0.3 is 14.8 Å². The van der Waals surface area contributed by atoms with Crippen LogP contribution in [0.5, 0.6) is 0 Å². The van der Waals surface area contributed by atoms with Crippen LogP contribution in [0.2, 0.25) is 0 Å². The number of benzene rings is 1. The van der Waals surface area contributed by atoms with Crippen molar-refractivity contribution >= 4 is 17.6 Å². The van der Waals surface area contributed by atoms with E-state index in [1.54, 1.807) is 6.07 Å². The fourth-order valence-electron chi connectivity index (χ4n) is 1.88. The molecule has 1 aliphatic rings. The van der Waals surface area contributed by atoms with Crippen molar-refractivity contribution in [3.8, 4) is 0 Å². The van der Waals surface area contributed by atoms with Gasteiger partial charge in [0.25, 0.3) is 5.91 Å². The molecule has 1 heterocycles. The Morgan fingerprint density at radius 1 is 1.50 bits per heavy atom. The SMILES string of the molecule is C[C@H](OC(=O)[C@H]1CCCO1)C(=O)Nc1cccc(F)c1. The predicted molar refractivity (Wildman–Crippen MR) is 69.6 cm³/mol. The molecule has 0 saturated carbocycles. The molecule has 0 spiro atoms. The van der Waals surface area contributed by atoms with Crippen molar-refractivity contribution in [2.24, 2.45) is 0 Å². The molecule has 0 aliphatic carbocycles. The van der Waals surface area contributed by atoms with Crippen LogP contribution in [0.3, 0.4) is 0 Å². The Hall–Kier alpha value is -1.95. The van der Waals surface area contributed by atoms with Crippen LogP contribution < -0.4 is 5.32 Å². The number of ether oxygens (including phenoxy) is 2. The van der Waals surface area contributed by atoms with E-state index in [2.05, 4.69) is 5.32 Å². The molecule has 6 heteroatoms. The van der Waals surface area contributed by atoms with Crippen LogP contribution in [0.25, 0.3) is 0 Å². The number of rotatable bonds is 4. The van der Waals surface area contributed by atoms with Gasteiger partial charge in [0, 0.05) is 12.3 Å². The topological polar surface area (TPSA) is 64.6 Å². The van der Waals surface area contributed by atoms with E-state index in [1.165, 1.54) is 25.1 Å². The minimum atomic E-state index is -0.963. The molecule has 2 rings (SSSR count). The second kappa shape index (κ2) is 6.47. The largest absolute Gasteiger partial charge is 0.451 e. The third-order valence-corrected chi connectivity index (χ3v) is 2.95. The fraction of sp³-hybridized carbons (Fsp3) is 0.429. The number of amides is 1. The monoisotopic (exact) mass is 281 g/mol. The summed E-state index contributed by atoms with van der Waals surface area (Å²) in [5, 5.41) is 2.48. The molecule has 1 aromatic rings.